The maximum Gasteiger partial charge on any atom is 0.387 e. The van der Waals surface area contributed by atoms with Gasteiger partial charge in [-0.3, -0.25) is 9.59 Å². The maximum atomic E-state index is 12.4. The van der Waals surface area contributed by atoms with E-state index in [-0.39, 0.29) is 23.3 Å². The molecule has 0 bridgehead atoms. The number of alkyl halides is 2. The number of rotatable bonds is 7. The quantitative estimate of drug-likeness (QED) is 0.700. The van der Waals surface area contributed by atoms with Crippen molar-refractivity contribution in [1.82, 2.24) is 0 Å². The van der Waals surface area contributed by atoms with Gasteiger partial charge in [-0.2, -0.15) is 8.78 Å². The maximum absolute atomic E-state index is 12.4. The van der Waals surface area contributed by atoms with Gasteiger partial charge in [0.1, 0.15) is 5.75 Å². The van der Waals surface area contributed by atoms with Gasteiger partial charge in [0.15, 0.2) is 0 Å². The normalized spacial score (nSPS) is 11.7. The number of anilines is 2. The summed E-state index contributed by atoms with van der Waals surface area (Å²) in [7, 11) is 0. The topological polar surface area (TPSA) is 67.4 Å². The van der Waals surface area contributed by atoms with Crippen LogP contribution < -0.4 is 15.4 Å². The van der Waals surface area contributed by atoms with Crippen LogP contribution in [0.1, 0.15) is 13.8 Å². The third-order valence-corrected chi connectivity index (χ3v) is 4.33. The van der Waals surface area contributed by atoms with Gasteiger partial charge in [0.05, 0.1) is 10.9 Å². The molecule has 0 aromatic heterocycles. The van der Waals surface area contributed by atoms with Crippen molar-refractivity contribution in [2.24, 2.45) is 0 Å². The van der Waals surface area contributed by atoms with Gasteiger partial charge in [0.2, 0.25) is 11.8 Å². The van der Waals surface area contributed by atoms with E-state index in [1.54, 1.807) is 43.3 Å². The number of ether oxygens (including phenoxy) is 1. The van der Waals surface area contributed by atoms with Gasteiger partial charge in [-0.25, -0.2) is 0 Å². The van der Waals surface area contributed by atoms with Gasteiger partial charge in [-0.1, -0.05) is 12.1 Å². The minimum absolute atomic E-state index is 0.0901. The SMILES string of the molecule is CC(=O)Nc1ccc(SC(C)C(=O)Nc2ccccc2OC(F)F)cc1. The Morgan fingerprint density at radius 1 is 1.04 bits per heavy atom. The first kappa shape index (κ1) is 19.7. The van der Waals surface area contributed by atoms with E-state index >= 15 is 0 Å². The highest BCUT2D eigenvalue weighted by Crippen LogP contribution is 2.29. The molecule has 0 spiro atoms. The third kappa shape index (κ3) is 6.03. The van der Waals surface area contributed by atoms with E-state index in [9.17, 15) is 18.4 Å². The number of thioether (sulfide) groups is 1. The van der Waals surface area contributed by atoms with Crippen LogP contribution in [0.2, 0.25) is 0 Å². The predicted octanol–water partition coefficient (Wildman–Crippen LogP) is 4.37. The van der Waals surface area contributed by atoms with Crippen LogP contribution in [0.3, 0.4) is 0 Å². The van der Waals surface area contributed by atoms with Crippen molar-refractivity contribution in [3.63, 3.8) is 0 Å². The summed E-state index contributed by atoms with van der Waals surface area (Å²) in [5, 5.41) is 4.79. The summed E-state index contributed by atoms with van der Waals surface area (Å²) in [6.07, 6.45) is 0. The molecule has 0 fully saturated rings. The first-order valence-electron chi connectivity index (χ1n) is 7.74. The Labute approximate surface area is 154 Å². The fraction of sp³-hybridized carbons (Fsp3) is 0.222. The number of carbonyl (C=O) groups excluding carboxylic acids is 2. The average molecular weight is 380 g/mol. The van der Waals surface area contributed by atoms with E-state index in [2.05, 4.69) is 15.4 Å². The van der Waals surface area contributed by atoms with Crippen molar-refractivity contribution in [1.29, 1.82) is 0 Å². The average Bonchev–Trinajstić information content (AvgIpc) is 2.57. The lowest BCUT2D eigenvalue weighted by molar-refractivity contribution is -0.115. The molecule has 2 rings (SSSR count). The van der Waals surface area contributed by atoms with E-state index in [0.29, 0.717) is 5.69 Å². The second-order valence-corrected chi connectivity index (χ2v) is 6.74. The highest BCUT2D eigenvalue weighted by molar-refractivity contribution is 8.00. The van der Waals surface area contributed by atoms with Crippen LogP contribution in [0.25, 0.3) is 0 Å². The molecule has 1 atom stereocenters. The Morgan fingerprint density at radius 3 is 2.31 bits per heavy atom. The smallest absolute Gasteiger partial charge is 0.387 e. The molecule has 0 radical (unpaired) electrons. The molecule has 5 nitrogen and oxygen atoms in total. The molecule has 2 N–H and O–H groups in total. The zero-order valence-electron chi connectivity index (χ0n) is 14.2. The highest BCUT2D eigenvalue weighted by atomic mass is 32.2. The van der Waals surface area contributed by atoms with Gasteiger partial charge < -0.3 is 15.4 Å². The molecule has 0 aliphatic rings. The summed E-state index contributed by atoms with van der Waals surface area (Å²) in [6, 6.07) is 13.1. The van der Waals surface area contributed by atoms with Crippen molar-refractivity contribution in [3.8, 4) is 5.75 Å². The lowest BCUT2D eigenvalue weighted by atomic mass is 10.3. The lowest BCUT2D eigenvalue weighted by Crippen LogP contribution is -2.23. The van der Waals surface area contributed by atoms with E-state index < -0.39 is 11.9 Å². The third-order valence-electron chi connectivity index (χ3n) is 3.22. The number of amides is 2. The van der Waals surface area contributed by atoms with Crippen LogP contribution in [-0.4, -0.2) is 23.7 Å². The van der Waals surface area contributed by atoms with Crippen LogP contribution in [-0.2, 0) is 9.59 Å². The van der Waals surface area contributed by atoms with Crippen molar-refractivity contribution in [2.45, 2.75) is 30.6 Å². The van der Waals surface area contributed by atoms with Crippen molar-refractivity contribution >= 4 is 35.0 Å². The summed E-state index contributed by atoms with van der Waals surface area (Å²) in [5.41, 5.74) is 0.850. The van der Waals surface area contributed by atoms with E-state index in [0.717, 1.165) is 4.90 Å². The number of para-hydroxylation sites is 2. The molecule has 0 saturated heterocycles. The van der Waals surface area contributed by atoms with Crippen molar-refractivity contribution in [3.05, 3.63) is 48.5 Å². The molecule has 0 heterocycles. The Morgan fingerprint density at radius 2 is 1.69 bits per heavy atom. The Hall–Kier alpha value is -2.61. The van der Waals surface area contributed by atoms with Crippen LogP contribution in [0, 0.1) is 0 Å². The fourth-order valence-electron chi connectivity index (χ4n) is 2.08. The fourth-order valence-corrected chi connectivity index (χ4v) is 2.95. The van der Waals surface area contributed by atoms with Crippen molar-refractivity contribution in [2.75, 3.05) is 10.6 Å². The summed E-state index contributed by atoms with van der Waals surface area (Å²) < 4.78 is 29.3. The van der Waals surface area contributed by atoms with Crippen LogP contribution in [0.15, 0.2) is 53.4 Å². The number of hydrogen-bond donors (Lipinski definition) is 2. The number of hydrogen-bond acceptors (Lipinski definition) is 4. The zero-order valence-corrected chi connectivity index (χ0v) is 15.0. The molecule has 2 aromatic carbocycles. The molecule has 0 saturated carbocycles. The monoisotopic (exact) mass is 380 g/mol. The van der Waals surface area contributed by atoms with Crippen LogP contribution in [0.4, 0.5) is 20.2 Å². The number of benzene rings is 2. The highest BCUT2D eigenvalue weighted by Gasteiger charge is 2.17. The molecule has 1 unspecified atom stereocenters. The molecule has 26 heavy (non-hydrogen) atoms. The Kier molecular flexibility index (Phi) is 6.97. The zero-order chi connectivity index (χ0) is 19.1. The molecule has 2 aromatic rings. The minimum atomic E-state index is -2.97. The van der Waals surface area contributed by atoms with Gasteiger partial charge in [0.25, 0.3) is 0 Å². The molecule has 8 heteroatoms. The Balaban J connectivity index is 1.98. The number of halogens is 2. The molecule has 138 valence electrons. The summed E-state index contributed by atoms with van der Waals surface area (Å²) in [5.74, 6) is -0.596. The lowest BCUT2D eigenvalue weighted by Gasteiger charge is -2.15. The predicted molar refractivity (Wildman–Crippen MR) is 97.8 cm³/mol. The number of nitrogens with one attached hydrogen (secondary N) is 2. The van der Waals surface area contributed by atoms with Gasteiger partial charge in [-0.15, -0.1) is 11.8 Å². The largest absolute Gasteiger partial charge is 0.433 e. The van der Waals surface area contributed by atoms with Crippen molar-refractivity contribution < 1.29 is 23.1 Å². The van der Waals surface area contributed by atoms with Gasteiger partial charge in [-0.05, 0) is 43.3 Å². The minimum Gasteiger partial charge on any atom is -0.433 e. The first-order chi connectivity index (χ1) is 12.3. The molecular weight excluding hydrogens is 362 g/mol. The number of carbonyl (C=O) groups is 2. The second kappa shape index (κ2) is 9.19. The summed E-state index contributed by atoms with van der Waals surface area (Å²) in [6.45, 7) is 0.158. The molecule has 0 aliphatic carbocycles. The van der Waals surface area contributed by atoms with Crippen LogP contribution in [0.5, 0.6) is 5.75 Å². The molecule has 2 amide bonds. The summed E-state index contributed by atoms with van der Waals surface area (Å²) in [4.78, 5) is 24.2. The van der Waals surface area contributed by atoms with E-state index in [4.69, 9.17) is 0 Å². The van der Waals surface area contributed by atoms with E-state index in [1.165, 1.54) is 30.8 Å². The van der Waals surface area contributed by atoms with Gasteiger partial charge >= 0.3 is 6.61 Å². The first-order valence-corrected chi connectivity index (χ1v) is 8.62. The molecular formula is C18H18F2N2O3S. The Bertz CT molecular complexity index is 769. The molecule has 0 aliphatic heterocycles. The second-order valence-electron chi connectivity index (χ2n) is 5.33. The van der Waals surface area contributed by atoms with Crippen LogP contribution >= 0.6 is 11.8 Å². The summed E-state index contributed by atoms with van der Waals surface area (Å²) >= 11 is 1.30. The standard InChI is InChI=1S/C18H18F2N2O3S/c1-11(26-14-9-7-13(8-10-14)21-12(2)23)17(24)22-15-5-3-4-6-16(15)25-18(19)20/h3-11,18H,1-2H3,(H,21,23)(H,22,24). The van der Waals surface area contributed by atoms with E-state index in [1.807, 2.05) is 0 Å². The van der Waals surface area contributed by atoms with Gasteiger partial charge in [0, 0.05) is 17.5 Å².